The normalized spacial score (nSPS) is 19.4. The van der Waals surface area contributed by atoms with Crippen molar-refractivity contribution in [1.29, 1.82) is 0 Å². The van der Waals surface area contributed by atoms with Crippen LogP contribution >= 0.6 is 0 Å². The van der Waals surface area contributed by atoms with Crippen LogP contribution in [0.4, 0.5) is 0 Å². The van der Waals surface area contributed by atoms with Crippen LogP contribution in [-0.2, 0) is 19.1 Å². The molecule has 0 saturated carbocycles. The van der Waals surface area contributed by atoms with Gasteiger partial charge in [0, 0.05) is 50.8 Å². The van der Waals surface area contributed by atoms with Gasteiger partial charge in [0.05, 0.1) is 18.6 Å². The van der Waals surface area contributed by atoms with E-state index in [9.17, 15) is 14.4 Å². The Hall–Kier alpha value is -3.20. The summed E-state index contributed by atoms with van der Waals surface area (Å²) in [6.45, 7) is 10.5. The second-order valence-corrected chi connectivity index (χ2v) is 10.4. The van der Waals surface area contributed by atoms with Gasteiger partial charge in [0.25, 0.3) is 5.91 Å². The smallest absolute Gasteiger partial charge is 0.310 e. The first kappa shape index (κ1) is 27.8. The van der Waals surface area contributed by atoms with Crippen LogP contribution in [0.5, 0.6) is 0 Å². The van der Waals surface area contributed by atoms with Gasteiger partial charge in [-0.15, -0.1) is 0 Å². The number of piperidine rings is 1. The number of likely N-dealkylation sites (tertiary alicyclic amines) is 1. The van der Waals surface area contributed by atoms with Crippen LogP contribution in [0.2, 0.25) is 0 Å². The van der Waals surface area contributed by atoms with Gasteiger partial charge in [-0.1, -0.05) is 22.9 Å². The van der Waals surface area contributed by atoms with Crippen LogP contribution in [0.3, 0.4) is 0 Å². The van der Waals surface area contributed by atoms with E-state index < -0.39 is 0 Å². The van der Waals surface area contributed by atoms with Crippen LogP contribution in [-0.4, -0.2) is 78.2 Å². The third-order valence-electron chi connectivity index (χ3n) is 7.38. The van der Waals surface area contributed by atoms with E-state index in [2.05, 4.69) is 17.3 Å². The zero-order chi connectivity index (χ0) is 27.2. The maximum atomic E-state index is 13.6. The van der Waals surface area contributed by atoms with Gasteiger partial charge in [0.1, 0.15) is 0 Å². The van der Waals surface area contributed by atoms with Gasteiger partial charge in [-0.2, -0.15) is 0 Å². The molecule has 1 aromatic heterocycles. The molecule has 1 aromatic carbocycles. The molecule has 2 atom stereocenters. The summed E-state index contributed by atoms with van der Waals surface area (Å²) in [4.78, 5) is 42.2. The molecule has 0 N–H and O–H groups in total. The van der Waals surface area contributed by atoms with E-state index in [0.717, 1.165) is 47.9 Å². The lowest BCUT2D eigenvalue weighted by atomic mass is 9.98. The molecule has 2 amide bonds. The molecule has 4 rings (SSSR count). The first-order chi connectivity index (χ1) is 18.3. The van der Waals surface area contributed by atoms with Gasteiger partial charge in [-0.3, -0.25) is 14.4 Å². The van der Waals surface area contributed by atoms with Gasteiger partial charge in [-0.25, -0.2) is 0 Å². The molecule has 2 saturated heterocycles. The SMILES string of the molecule is CCOC(=O)[C@H]1CCCN(C(=O)CCN(C[C@H]2CCCO2)C(=O)c2cc(-c3c(C)cc(C)cc3C)on2)C1. The fourth-order valence-corrected chi connectivity index (χ4v) is 5.58. The molecule has 2 aromatic rings. The summed E-state index contributed by atoms with van der Waals surface area (Å²) in [5, 5.41) is 4.10. The number of carbonyl (C=O) groups is 3. The van der Waals surface area contributed by atoms with Crippen LogP contribution in [0, 0.1) is 26.7 Å². The van der Waals surface area contributed by atoms with Gasteiger partial charge in [0.15, 0.2) is 11.5 Å². The van der Waals surface area contributed by atoms with E-state index in [1.165, 1.54) is 0 Å². The molecule has 9 heteroatoms. The number of amides is 2. The average molecular weight is 526 g/mol. The molecule has 2 aliphatic rings. The lowest BCUT2D eigenvalue weighted by Crippen LogP contribution is -2.45. The monoisotopic (exact) mass is 525 g/mol. The van der Waals surface area contributed by atoms with Crippen molar-refractivity contribution in [2.75, 3.05) is 39.4 Å². The zero-order valence-corrected chi connectivity index (χ0v) is 23.0. The Morgan fingerprint density at radius 2 is 1.87 bits per heavy atom. The number of ether oxygens (including phenoxy) is 2. The second kappa shape index (κ2) is 12.6. The third kappa shape index (κ3) is 6.62. The highest BCUT2D eigenvalue weighted by Crippen LogP contribution is 2.29. The zero-order valence-electron chi connectivity index (χ0n) is 23.0. The Morgan fingerprint density at radius 3 is 2.55 bits per heavy atom. The Kier molecular flexibility index (Phi) is 9.20. The number of aryl methyl sites for hydroxylation is 3. The molecule has 38 heavy (non-hydrogen) atoms. The van der Waals surface area contributed by atoms with E-state index in [-0.39, 0.29) is 48.5 Å². The van der Waals surface area contributed by atoms with Crippen molar-refractivity contribution in [3.8, 4) is 11.3 Å². The summed E-state index contributed by atoms with van der Waals surface area (Å²) < 4.78 is 16.6. The van der Waals surface area contributed by atoms with Gasteiger partial charge < -0.3 is 23.8 Å². The lowest BCUT2D eigenvalue weighted by Gasteiger charge is -2.32. The minimum Gasteiger partial charge on any atom is -0.466 e. The summed E-state index contributed by atoms with van der Waals surface area (Å²) >= 11 is 0. The number of rotatable bonds is 9. The number of hydrogen-bond acceptors (Lipinski definition) is 7. The molecule has 0 bridgehead atoms. The first-order valence-electron chi connectivity index (χ1n) is 13.7. The molecule has 0 spiro atoms. The number of nitrogens with zero attached hydrogens (tertiary/aromatic N) is 3. The molecule has 2 fully saturated rings. The van der Waals surface area contributed by atoms with Crippen LogP contribution < -0.4 is 0 Å². The highest BCUT2D eigenvalue weighted by atomic mass is 16.5. The molecule has 2 aliphatic heterocycles. The molecule has 0 radical (unpaired) electrons. The number of carbonyl (C=O) groups excluding carboxylic acids is 3. The number of hydrogen-bond donors (Lipinski definition) is 0. The quantitative estimate of drug-likeness (QED) is 0.455. The van der Waals surface area contributed by atoms with E-state index in [1.54, 1.807) is 22.8 Å². The Morgan fingerprint density at radius 1 is 1.11 bits per heavy atom. The van der Waals surface area contributed by atoms with Gasteiger partial charge in [0.2, 0.25) is 5.91 Å². The van der Waals surface area contributed by atoms with Crippen LogP contribution in [0.15, 0.2) is 22.7 Å². The molecule has 3 heterocycles. The average Bonchev–Trinajstić information content (AvgIpc) is 3.58. The van der Waals surface area contributed by atoms with E-state index in [0.29, 0.717) is 38.6 Å². The minimum atomic E-state index is -0.292. The standard InChI is InChI=1S/C29H39N3O6/c1-5-36-29(35)22-8-6-11-31(17-22)26(33)10-12-32(18-23-9-7-13-37-23)28(34)24-16-25(38-30-24)27-20(3)14-19(2)15-21(27)4/h14-16,22-23H,5-13,17-18H2,1-4H3/t22-,23+/m0/s1. The third-order valence-corrected chi connectivity index (χ3v) is 7.38. The van der Waals surface area contributed by atoms with E-state index in [1.807, 2.05) is 20.8 Å². The number of benzene rings is 1. The largest absolute Gasteiger partial charge is 0.466 e. The van der Waals surface area contributed by atoms with E-state index >= 15 is 0 Å². The Balaban J connectivity index is 1.45. The van der Waals surface area contributed by atoms with E-state index in [4.69, 9.17) is 14.0 Å². The molecule has 206 valence electrons. The Bertz CT molecular complexity index is 1130. The topological polar surface area (TPSA) is 102 Å². The minimum absolute atomic E-state index is 0.0646. The van der Waals surface area contributed by atoms with Crippen LogP contribution in [0.1, 0.15) is 66.2 Å². The summed E-state index contributed by atoms with van der Waals surface area (Å²) in [5.74, 6) is -0.347. The van der Waals surface area contributed by atoms with Crippen molar-refractivity contribution >= 4 is 17.8 Å². The highest BCUT2D eigenvalue weighted by Gasteiger charge is 2.31. The number of esters is 1. The number of aromatic nitrogens is 1. The molecular weight excluding hydrogens is 486 g/mol. The fourth-order valence-electron chi connectivity index (χ4n) is 5.58. The van der Waals surface area contributed by atoms with Crippen molar-refractivity contribution < 1.29 is 28.4 Å². The van der Waals surface area contributed by atoms with Crippen molar-refractivity contribution in [3.05, 3.63) is 40.6 Å². The summed E-state index contributed by atoms with van der Waals surface area (Å²) in [5.41, 5.74) is 4.42. The molecule has 9 nitrogen and oxygen atoms in total. The Labute approximate surface area is 224 Å². The highest BCUT2D eigenvalue weighted by molar-refractivity contribution is 5.93. The molecule has 0 aliphatic carbocycles. The summed E-state index contributed by atoms with van der Waals surface area (Å²) in [6, 6.07) is 5.84. The summed E-state index contributed by atoms with van der Waals surface area (Å²) in [7, 11) is 0. The van der Waals surface area contributed by atoms with Gasteiger partial charge in [-0.05, 0) is 64.5 Å². The van der Waals surface area contributed by atoms with Gasteiger partial charge >= 0.3 is 5.97 Å². The van der Waals surface area contributed by atoms with Crippen LogP contribution in [0.25, 0.3) is 11.3 Å². The predicted molar refractivity (Wildman–Crippen MR) is 142 cm³/mol. The fraction of sp³-hybridized carbons (Fsp3) is 0.586. The molecule has 0 unspecified atom stereocenters. The van der Waals surface area contributed by atoms with Crippen molar-refractivity contribution in [1.82, 2.24) is 15.0 Å². The second-order valence-electron chi connectivity index (χ2n) is 10.4. The maximum absolute atomic E-state index is 13.6. The van der Waals surface area contributed by atoms with Crippen molar-refractivity contribution in [2.24, 2.45) is 5.92 Å². The van der Waals surface area contributed by atoms with Crippen molar-refractivity contribution in [3.63, 3.8) is 0 Å². The molecular formula is C29H39N3O6. The maximum Gasteiger partial charge on any atom is 0.310 e. The lowest BCUT2D eigenvalue weighted by molar-refractivity contribution is -0.151. The first-order valence-corrected chi connectivity index (χ1v) is 13.7. The van der Waals surface area contributed by atoms with Crippen molar-refractivity contribution in [2.45, 2.75) is 65.9 Å². The summed E-state index contributed by atoms with van der Waals surface area (Å²) in [6.07, 6.45) is 3.40. The predicted octanol–water partition coefficient (Wildman–Crippen LogP) is 4.08.